The molecule has 0 aromatic heterocycles. The molecule has 0 aliphatic carbocycles. The standard InChI is InChI=1S/C9H15NO2.C8H15BrO2/c10-6-2-4-8-12-9-5-1-3-7-11-9;9-5-3-7-11-8-4-1-2-6-10-8/h9H,1-5,7-8H2;8H,1-7H2. The van der Waals surface area contributed by atoms with E-state index < -0.39 is 0 Å². The molecule has 23 heavy (non-hydrogen) atoms. The summed E-state index contributed by atoms with van der Waals surface area (Å²) in [7, 11) is 0. The maximum Gasteiger partial charge on any atom is 0.157 e. The molecule has 2 aliphatic rings. The minimum atomic E-state index is -0.00237. The second-order valence-corrected chi connectivity index (χ2v) is 6.43. The van der Waals surface area contributed by atoms with Crippen molar-refractivity contribution in [2.45, 2.75) is 70.4 Å². The number of alkyl halides is 1. The van der Waals surface area contributed by atoms with Crippen LogP contribution in [0.25, 0.3) is 0 Å². The zero-order valence-corrected chi connectivity index (χ0v) is 15.6. The van der Waals surface area contributed by atoms with Gasteiger partial charge in [0.1, 0.15) is 0 Å². The number of hydrogen-bond acceptors (Lipinski definition) is 5. The molecule has 2 saturated heterocycles. The van der Waals surface area contributed by atoms with Gasteiger partial charge in [-0.2, -0.15) is 5.26 Å². The van der Waals surface area contributed by atoms with Crippen LogP contribution in [0, 0.1) is 11.3 Å². The Hall–Kier alpha value is -0.190. The van der Waals surface area contributed by atoms with Crippen molar-refractivity contribution in [2.24, 2.45) is 0 Å². The van der Waals surface area contributed by atoms with Crippen molar-refractivity contribution in [1.82, 2.24) is 0 Å². The lowest BCUT2D eigenvalue weighted by molar-refractivity contribution is -0.162. The van der Waals surface area contributed by atoms with Crippen LogP contribution in [0.1, 0.15) is 57.8 Å². The first kappa shape index (κ1) is 20.9. The van der Waals surface area contributed by atoms with E-state index in [9.17, 15) is 0 Å². The molecule has 0 aromatic carbocycles. The molecule has 2 aliphatic heterocycles. The molecule has 5 nitrogen and oxygen atoms in total. The molecule has 6 heteroatoms. The Morgan fingerprint density at radius 3 is 1.91 bits per heavy atom. The van der Waals surface area contributed by atoms with Crippen molar-refractivity contribution in [2.75, 3.05) is 31.8 Å². The summed E-state index contributed by atoms with van der Waals surface area (Å²) in [5, 5.41) is 9.28. The number of ether oxygens (including phenoxy) is 4. The van der Waals surface area contributed by atoms with Gasteiger partial charge in [-0.1, -0.05) is 15.9 Å². The van der Waals surface area contributed by atoms with E-state index in [1.807, 2.05) is 0 Å². The third-order valence-corrected chi connectivity index (χ3v) is 4.15. The lowest BCUT2D eigenvalue weighted by Gasteiger charge is -2.22. The fourth-order valence-corrected chi connectivity index (χ4v) is 2.55. The van der Waals surface area contributed by atoms with Gasteiger partial charge in [0.25, 0.3) is 0 Å². The maximum absolute atomic E-state index is 8.27. The molecule has 0 radical (unpaired) electrons. The molecule has 134 valence electrons. The molecule has 0 spiro atoms. The van der Waals surface area contributed by atoms with Crippen LogP contribution < -0.4 is 0 Å². The van der Waals surface area contributed by atoms with E-state index in [4.69, 9.17) is 24.2 Å². The molecule has 2 fully saturated rings. The number of halogens is 1. The quantitative estimate of drug-likeness (QED) is 0.459. The Balaban J connectivity index is 0.000000231. The zero-order valence-electron chi connectivity index (χ0n) is 14.0. The predicted octanol–water partition coefficient (Wildman–Crippen LogP) is 4.15. The molecule has 0 bridgehead atoms. The van der Waals surface area contributed by atoms with Gasteiger partial charge in [0.2, 0.25) is 0 Å². The smallest absolute Gasteiger partial charge is 0.157 e. The average molecular weight is 392 g/mol. The summed E-state index contributed by atoms with van der Waals surface area (Å²) in [5.74, 6) is 0. The molecule has 2 rings (SSSR count). The summed E-state index contributed by atoms with van der Waals surface area (Å²) in [6.07, 6.45) is 9.41. The van der Waals surface area contributed by atoms with Crippen LogP contribution in [0.3, 0.4) is 0 Å². The van der Waals surface area contributed by atoms with Crippen molar-refractivity contribution in [3.63, 3.8) is 0 Å². The summed E-state index contributed by atoms with van der Waals surface area (Å²) in [6, 6.07) is 2.08. The summed E-state index contributed by atoms with van der Waals surface area (Å²) in [5.41, 5.74) is 0. The van der Waals surface area contributed by atoms with Crippen LogP contribution in [-0.4, -0.2) is 44.3 Å². The van der Waals surface area contributed by atoms with E-state index in [1.54, 1.807) is 0 Å². The average Bonchev–Trinajstić information content (AvgIpc) is 2.61. The summed E-state index contributed by atoms with van der Waals surface area (Å²) in [4.78, 5) is 0. The van der Waals surface area contributed by atoms with Gasteiger partial charge in [0.05, 0.1) is 19.3 Å². The number of unbranched alkanes of at least 4 members (excludes halogenated alkanes) is 1. The van der Waals surface area contributed by atoms with Crippen molar-refractivity contribution in [3.05, 3.63) is 0 Å². The van der Waals surface area contributed by atoms with Gasteiger partial charge in [0.15, 0.2) is 12.6 Å². The van der Waals surface area contributed by atoms with Gasteiger partial charge in [-0.3, -0.25) is 0 Å². The molecule has 0 N–H and O–H groups in total. The van der Waals surface area contributed by atoms with E-state index in [2.05, 4.69) is 22.0 Å². The fourth-order valence-electron chi connectivity index (χ4n) is 2.32. The first-order valence-corrected chi connectivity index (χ1v) is 9.88. The second-order valence-electron chi connectivity index (χ2n) is 5.64. The minimum Gasteiger partial charge on any atom is -0.353 e. The Morgan fingerprint density at radius 2 is 1.48 bits per heavy atom. The molecule has 2 atom stereocenters. The van der Waals surface area contributed by atoms with Crippen LogP contribution in [-0.2, 0) is 18.9 Å². The zero-order chi connectivity index (χ0) is 16.6. The highest BCUT2D eigenvalue weighted by Crippen LogP contribution is 2.14. The second kappa shape index (κ2) is 15.3. The van der Waals surface area contributed by atoms with E-state index in [0.717, 1.165) is 57.3 Å². The van der Waals surface area contributed by atoms with E-state index >= 15 is 0 Å². The van der Waals surface area contributed by atoms with Crippen LogP contribution in [0.5, 0.6) is 0 Å². The largest absolute Gasteiger partial charge is 0.353 e. The van der Waals surface area contributed by atoms with Crippen LogP contribution in [0.15, 0.2) is 0 Å². The van der Waals surface area contributed by atoms with Crippen molar-refractivity contribution in [3.8, 4) is 6.07 Å². The molecular weight excluding hydrogens is 362 g/mol. The van der Waals surface area contributed by atoms with Gasteiger partial charge >= 0.3 is 0 Å². The van der Waals surface area contributed by atoms with Gasteiger partial charge in [-0.15, -0.1) is 0 Å². The summed E-state index contributed by atoms with van der Waals surface area (Å²) < 4.78 is 21.6. The maximum atomic E-state index is 8.27. The van der Waals surface area contributed by atoms with Crippen molar-refractivity contribution >= 4 is 15.9 Å². The van der Waals surface area contributed by atoms with Crippen molar-refractivity contribution in [1.29, 1.82) is 5.26 Å². The number of hydrogen-bond donors (Lipinski definition) is 0. The molecule has 2 unspecified atom stereocenters. The highest BCUT2D eigenvalue weighted by molar-refractivity contribution is 9.09. The van der Waals surface area contributed by atoms with Gasteiger partial charge < -0.3 is 18.9 Å². The van der Waals surface area contributed by atoms with Crippen LogP contribution in [0.4, 0.5) is 0 Å². The normalized spacial score (nSPS) is 24.3. The van der Waals surface area contributed by atoms with Gasteiger partial charge in [-0.25, -0.2) is 0 Å². The number of rotatable bonds is 8. The molecular formula is C17H30BrNO4. The first-order valence-electron chi connectivity index (χ1n) is 8.76. The predicted molar refractivity (Wildman–Crippen MR) is 92.3 cm³/mol. The Kier molecular flexibility index (Phi) is 13.9. The highest BCUT2D eigenvalue weighted by atomic mass is 79.9. The van der Waals surface area contributed by atoms with Gasteiger partial charge in [0, 0.05) is 25.0 Å². The summed E-state index contributed by atoms with van der Waals surface area (Å²) in [6.45, 7) is 3.16. The van der Waals surface area contributed by atoms with Crippen LogP contribution >= 0.6 is 15.9 Å². The Labute approximate surface area is 148 Å². The number of nitriles is 1. The lowest BCUT2D eigenvalue weighted by Crippen LogP contribution is -2.22. The van der Waals surface area contributed by atoms with Crippen molar-refractivity contribution < 1.29 is 18.9 Å². The van der Waals surface area contributed by atoms with E-state index in [0.29, 0.717) is 13.0 Å². The lowest BCUT2D eigenvalue weighted by atomic mass is 10.2. The highest BCUT2D eigenvalue weighted by Gasteiger charge is 2.13. The monoisotopic (exact) mass is 391 g/mol. The van der Waals surface area contributed by atoms with Gasteiger partial charge in [-0.05, 0) is 51.4 Å². The molecule has 0 saturated carbocycles. The SMILES string of the molecule is BrCCCOC1CCCCO1.N#CCCCOC1CCCCO1. The molecule has 0 amide bonds. The first-order chi connectivity index (χ1) is 11.4. The third-order valence-electron chi connectivity index (χ3n) is 3.59. The van der Waals surface area contributed by atoms with E-state index in [-0.39, 0.29) is 12.6 Å². The number of nitrogens with zero attached hydrogens (tertiary/aromatic N) is 1. The summed E-state index contributed by atoms with van der Waals surface area (Å²) >= 11 is 3.35. The fraction of sp³-hybridized carbons (Fsp3) is 0.941. The molecule has 2 heterocycles. The Bertz CT molecular complexity index is 299. The Morgan fingerprint density at radius 1 is 0.913 bits per heavy atom. The third kappa shape index (κ3) is 11.9. The molecule has 0 aromatic rings. The van der Waals surface area contributed by atoms with E-state index in [1.165, 1.54) is 19.3 Å². The van der Waals surface area contributed by atoms with Crippen LogP contribution in [0.2, 0.25) is 0 Å². The minimum absolute atomic E-state index is 0.00237. The topological polar surface area (TPSA) is 60.7 Å².